The fourth-order valence-electron chi connectivity index (χ4n) is 1.41. The number of hydrogen-bond donors (Lipinski definition) is 1. The van der Waals surface area contributed by atoms with Gasteiger partial charge in [-0.25, -0.2) is 0 Å². The van der Waals surface area contributed by atoms with Crippen LogP contribution in [0.4, 0.5) is 0 Å². The molecule has 1 aromatic heterocycles. The van der Waals surface area contributed by atoms with Gasteiger partial charge in [-0.1, -0.05) is 0 Å². The van der Waals surface area contributed by atoms with Gasteiger partial charge in [-0.2, -0.15) is 5.10 Å². The van der Waals surface area contributed by atoms with Crippen LogP contribution >= 0.6 is 0 Å². The van der Waals surface area contributed by atoms with Crippen molar-refractivity contribution in [2.75, 3.05) is 20.6 Å². The molecule has 1 unspecified atom stereocenters. The minimum Gasteiger partial charge on any atom is -0.326 e. The van der Waals surface area contributed by atoms with Crippen LogP contribution in [0, 0.1) is 0 Å². The van der Waals surface area contributed by atoms with Gasteiger partial charge in [-0.05, 0) is 26.1 Å². The van der Waals surface area contributed by atoms with E-state index in [-0.39, 0.29) is 6.04 Å². The molecule has 0 aliphatic heterocycles. The number of aromatic nitrogens is 2. The van der Waals surface area contributed by atoms with Crippen LogP contribution in [0.5, 0.6) is 0 Å². The summed E-state index contributed by atoms with van der Waals surface area (Å²) >= 11 is 0. The highest BCUT2D eigenvalue weighted by Gasteiger charge is 2.06. The minimum absolute atomic E-state index is 0.194. The molecule has 0 aromatic carbocycles. The maximum absolute atomic E-state index is 5.94. The summed E-state index contributed by atoms with van der Waals surface area (Å²) in [6.45, 7) is 0.912. The fraction of sp³-hybridized carbons (Fsp3) is 0.667. The van der Waals surface area contributed by atoms with Crippen molar-refractivity contribution in [1.29, 1.82) is 0 Å². The quantitative estimate of drug-likeness (QED) is 0.704. The molecule has 0 amide bonds. The van der Waals surface area contributed by atoms with Crippen LogP contribution in [-0.2, 0) is 13.5 Å². The van der Waals surface area contributed by atoms with E-state index in [1.54, 1.807) is 4.68 Å². The molecule has 0 aliphatic rings. The molecule has 4 nitrogen and oxygen atoms in total. The van der Waals surface area contributed by atoms with Crippen LogP contribution in [0.1, 0.15) is 5.56 Å². The summed E-state index contributed by atoms with van der Waals surface area (Å²) in [5.41, 5.74) is 7.14. The zero-order chi connectivity index (χ0) is 9.84. The molecule has 0 saturated heterocycles. The third-order valence-electron chi connectivity index (χ3n) is 1.86. The van der Waals surface area contributed by atoms with Crippen LogP contribution in [0.2, 0.25) is 0 Å². The monoisotopic (exact) mass is 182 g/mol. The van der Waals surface area contributed by atoms with E-state index in [1.807, 2.05) is 33.5 Å². The summed E-state index contributed by atoms with van der Waals surface area (Å²) in [5, 5.41) is 4.10. The van der Waals surface area contributed by atoms with Crippen LogP contribution in [-0.4, -0.2) is 41.4 Å². The highest BCUT2D eigenvalue weighted by Crippen LogP contribution is 2.00. The fourth-order valence-corrected chi connectivity index (χ4v) is 1.41. The van der Waals surface area contributed by atoms with Gasteiger partial charge in [0.1, 0.15) is 0 Å². The maximum Gasteiger partial charge on any atom is 0.0522 e. The van der Waals surface area contributed by atoms with Gasteiger partial charge in [0.15, 0.2) is 0 Å². The minimum atomic E-state index is 0.194. The molecule has 0 aliphatic carbocycles. The zero-order valence-corrected chi connectivity index (χ0v) is 8.57. The summed E-state index contributed by atoms with van der Waals surface area (Å²) in [5.74, 6) is 0. The molecule has 2 N–H and O–H groups in total. The molecule has 4 heteroatoms. The number of nitrogens with zero attached hydrogens (tertiary/aromatic N) is 3. The second-order valence-corrected chi connectivity index (χ2v) is 3.75. The van der Waals surface area contributed by atoms with Crippen molar-refractivity contribution in [3.63, 3.8) is 0 Å². The molecular formula is C9H18N4. The van der Waals surface area contributed by atoms with E-state index in [2.05, 4.69) is 10.00 Å². The van der Waals surface area contributed by atoms with Crippen molar-refractivity contribution < 1.29 is 0 Å². The number of hydrogen-bond acceptors (Lipinski definition) is 3. The Morgan fingerprint density at radius 1 is 1.62 bits per heavy atom. The lowest BCUT2D eigenvalue weighted by Gasteiger charge is -2.15. The van der Waals surface area contributed by atoms with Crippen molar-refractivity contribution in [2.45, 2.75) is 12.5 Å². The summed E-state index contributed by atoms with van der Waals surface area (Å²) < 4.78 is 1.80. The van der Waals surface area contributed by atoms with Crippen molar-refractivity contribution in [2.24, 2.45) is 12.8 Å². The summed E-state index contributed by atoms with van der Waals surface area (Å²) in [6.07, 6.45) is 4.77. The average Bonchev–Trinajstić information content (AvgIpc) is 2.33. The van der Waals surface area contributed by atoms with Gasteiger partial charge >= 0.3 is 0 Å². The van der Waals surface area contributed by atoms with Gasteiger partial charge in [0, 0.05) is 25.8 Å². The Hall–Kier alpha value is -0.870. The largest absolute Gasteiger partial charge is 0.326 e. The SMILES string of the molecule is CN(C)CC(N)Cc1cnn(C)c1. The van der Waals surface area contributed by atoms with E-state index >= 15 is 0 Å². The van der Waals surface area contributed by atoms with E-state index < -0.39 is 0 Å². The van der Waals surface area contributed by atoms with E-state index in [4.69, 9.17) is 5.73 Å². The number of rotatable bonds is 4. The van der Waals surface area contributed by atoms with Crippen LogP contribution in [0.25, 0.3) is 0 Å². The van der Waals surface area contributed by atoms with Gasteiger partial charge in [0.2, 0.25) is 0 Å². The number of nitrogens with two attached hydrogens (primary N) is 1. The Bertz CT molecular complexity index is 254. The second kappa shape index (κ2) is 4.39. The molecule has 1 atom stereocenters. The highest BCUT2D eigenvalue weighted by molar-refractivity contribution is 5.05. The molecule has 1 heterocycles. The van der Waals surface area contributed by atoms with Crippen molar-refractivity contribution in [3.05, 3.63) is 18.0 Å². The maximum atomic E-state index is 5.94. The van der Waals surface area contributed by atoms with Crippen LogP contribution in [0.3, 0.4) is 0 Å². The first kappa shape index (κ1) is 10.2. The standard InChI is InChI=1S/C9H18N4/c1-12(2)7-9(10)4-8-5-11-13(3)6-8/h5-6,9H,4,7,10H2,1-3H3. The Morgan fingerprint density at radius 3 is 2.77 bits per heavy atom. The van der Waals surface area contributed by atoms with Gasteiger partial charge < -0.3 is 10.6 Å². The first-order chi connectivity index (χ1) is 6.08. The molecule has 0 fully saturated rings. The van der Waals surface area contributed by atoms with Crippen LogP contribution in [0.15, 0.2) is 12.4 Å². The normalized spacial score (nSPS) is 13.6. The molecule has 0 saturated carbocycles. The van der Waals surface area contributed by atoms with E-state index in [9.17, 15) is 0 Å². The Labute approximate surface area is 79.3 Å². The smallest absolute Gasteiger partial charge is 0.0522 e. The second-order valence-electron chi connectivity index (χ2n) is 3.75. The first-order valence-corrected chi connectivity index (χ1v) is 4.45. The summed E-state index contributed by atoms with van der Waals surface area (Å²) in [4.78, 5) is 2.10. The third-order valence-corrected chi connectivity index (χ3v) is 1.86. The van der Waals surface area contributed by atoms with Gasteiger partial charge in [-0.15, -0.1) is 0 Å². The molecule has 1 rings (SSSR count). The van der Waals surface area contributed by atoms with Crippen molar-refractivity contribution in [1.82, 2.24) is 14.7 Å². The molecular weight excluding hydrogens is 164 g/mol. The lowest BCUT2D eigenvalue weighted by molar-refractivity contribution is 0.371. The molecule has 0 spiro atoms. The number of likely N-dealkylation sites (N-methyl/N-ethyl adjacent to an activating group) is 1. The molecule has 13 heavy (non-hydrogen) atoms. The topological polar surface area (TPSA) is 47.1 Å². The van der Waals surface area contributed by atoms with Crippen LogP contribution < -0.4 is 5.73 Å². The first-order valence-electron chi connectivity index (χ1n) is 4.45. The lowest BCUT2D eigenvalue weighted by atomic mass is 10.1. The van der Waals surface area contributed by atoms with E-state index in [0.29, 0.717) is 0 Å². The van der Waals surface area contributed by atoms with E-state index in [0.717, 1.165) is 13.0 Å². The van der Waals surface area contributed by atoms with Crippen molar-refractivity contribution >= 4 is 0 Å². The Balaban J connectivity index is 2.40. The average molecular weight is 182 g/mol. The molecule has 0 radical (unpaired) electrons. The zero-order valence-electron chi connectivity index (χ0n) is 8.57. The molecule has 0 bridgehead atoms. The summed E-state index contributed by atoms with van der Waals surface area (Å²) in [7, 11) is 5.98. The van der Waals surface area contributed by atoms with Gasteiger partial charge in [-0.3, -0.25) is 4.68 Å². The van der Waals surface area contributed by atoms with E-state index in [1.165, 1.54) is 5.56 Å². The van der Waals surface area contributed by atoms with Gasteiger partial charge in [0.05, 0.1) is 6.20 Å². The third kappa shape index (κ3) is 3.57. The molecule has 74 valence electrons. The lowest BCUT2D eigenvalue weighted by Crippen LogP contribution is -2.34. The number of aryl methyl sites for hydroxylation is 1. The predicted octanol–water partition coefficient (Wildman–Crippen LogP) is -0.148. The summed E-state index contributed by atoms with van der Waals surface area (Å²) in [6, 6.07) is 0.194. The highest BCUT2D eigenvalue weighted by atomic mass is 15.2. The molecule has 1 aromatic rings. The Morgan fingerprint density at radius 2 is 2.31 bits per heavy atom. The van der Waals surface area contributed by atoms with Crippen molar-refractivity contribution in [3.8, 4) is 0 Å². The Kier molecular flexibility index (Phi) is 3.45. The van der Waals surface area contributed by atoms with Gasteiger partial charge in [0.25, 0.3) is 0 Å². The predicted molar refractivity (Wildman–Crippen MR) is 53.4 cm³/mol.